The summed E-state index contributed by atoms with van der Waals surface area (Å²) in [5.41, 5.74) is 13.4. The summed E-state index contributed by atoms with van der Waals surface area (Å²) >= 11 is 5.36. The Balaban J connectivity index is 0.000000178. The zero-order valence-corrected chi connectivity index (χ0v) is 16.6. The van der Waals surface area contributed by atoms with Gasteiger partial charge in [-0.3, -0.25) is 10.2 Å². The van der Waals surface area contributed by atoms with Gasteiger partial charge in [0, 0.05) is 11.7 Å². The first-order valence-electron chi connectivity index (χ1n) is 9.09. The van der Waals surface area contributed by atoms with Gasteiger partial charge in [-0.05, 0) is 43.2 Å². The van der Waals surface area contributed by atoms with Crippen LogP contribution in [0.5, 0.6) is 0 Å². The Bertz CT molecular complexity index is 1080. The number of fused-ring (bicyclic) bond motifs is 1. The zero-order chi connectivity index (χ0) is 20.4. The molecule has 146 valence electrons. The van der Waals surface area contributed by atoms with Gasteiger partial charge in [-0.1, -0.05) is 36.7 Å². The molecule has 1 aliphatic rings. The Morgan fingerprint density at radius 2 is 1.93 bits per heavy atom. The summed E-state index contributed by atoms with van der Waals surface area (Å²) in [6.45, 7) is 4.14. The van der Waals surface area contributed by atoms with E-state index in [4.69, 9.17) is 28.5 Å². The minimum atomic E-state index is -0.249. The highest BCUT2D eigenvalue weighted by Crippen LogP contribution is 2.35. The lowest BCUT2D eigenvalue weighted by molar-refractivity contribution is 0.670. The molecule has 1 fully saturated rings. The van der Waals surface area contributed by atoms with E-state index in [-0.39, 0.29) is 27.9 Å². The molecule has 0 saturated heterocycles. The molecule has 0 atom stereocenters. The summed E-state index contributed by atoms with van der Waals surface area (Å²) in [5.74, 6) is 0.245. The summed E-state index contributed by atoms with van der Waals surface area (Å²) in [7, 11) is 0. The number of nitrogens with one attached hydrogen (secondary N) is 1. The SMILES string of the molecule is CCc1cc2cccc(C)c2c(=O)n1C1CC1.N=C(Cl)c1c(N)ncnc1N. The molecule has 28 heavy (non-hydrogen) atoms. The number of pyridine rings is 1. The van der Waals surface area contributed by atoms with Crippen molar-refractivity contribution in [2.24, 2.45) is 0 Å². The largest absolute Gasteiger partial charge is 0.383 e. The predicted molar refractivity (Wildman–Crippen MR) is 114 cm³/mol. The highest BCUT2D eigenvalue weighted by atomic mass is 35.5. The van der Waals surface area contributed by atoms with Crippen LogP contribution in [0.15, 0.2) is 35.4 Å². The molecule has 3 aromatic rings. The molecule has 2 heterocycles. The monoisotopic (exact) mass is 398 g/mol. The average Bonchev–Trinajstić information content (AvgIpc) is 3.46. The van der Waals surface area contributed by atoms with Gasteiger partial charge in [0.15, 0.2) is 0 Å². The fourth-order valence-corrected chi connectivity index (χ4v) is 3.44. The number of hydrogen-bond donors (Lipinski definition) is 3. The average molecular weight is 399 g/mol. The lowest BCUT2D eigenvalue weighted by atomic mass is 10.1. The van der Waals surface area contributed by atoms with Crippen molar-refractivity contribution < 1.29 is 0 Å². The Morgan fingerprint density at radius 1 is 1.29 bits per heavy atom. The fourth-order valence-electron chi connectivity index (χ4n) is 3.25. The number of aryl methyl sites for hydroxylation is 2. The first-order valence-corrected chi connectivity index (χ1v) is 9.47. The number of halogens is 1. The summed E-state index contributed by atoms with van der Waals surface area (Å²) < 4.78 is 2.02. The topological polar surface area (TPSA) is 124 Å². The molecular formula is C20H23ClN6O. The van der Waals surface area contributed by atoms with Crippen LogP contribution < -0.4 is 17.0 Å². The summed E-state index contributed by atoms with van der Waals surface area (Å²) in [4.78, 5) is 19.8. The maximum atomic E-state index is 12.6. The second-order valence-corrected chi connectivity index (χ2v) is 7.15. The maximum absolute atomic E-state index is 12.6. The Morgan fingerprint density at radius 3 is 2.43 bits per heavy atom. The molecule has 1 saturated carbocycles. The number of nitrogens with zero attached hydrogens (tertiary/aromatic N) is 3. The number of nitrogen functional groups attached to an aromatic ring is 2. The number of nitrogens with two attached hydrogens (primary N) is 2. The number of anilines is 2. The number of benzene rings is 1. The zero-order valence-electron chi connectivity index (χ0n) is 15.9. The first kappa shape index (κ1) is 19.8. The second-order valence-electron chi connectivity index (χ2n) is 6.77. The van der Waals surface area contributed by atoms with E-state index in [9.17, 15) is 4.79 Å². The Labute approximate surface area is 167 Å². The third kappa shape index (κ3) is 3.84. The molecule has 7 nitrogen and oxygen atoms in total. The van der Waals surface area contributed by atoms with Crippen molar-refractivity contribution in [3.05, 3.63) is 57.8 Å². The van der Waals surface area contributed by atoms with Gasteiger partial charge in [0.25, 0.3) is 5.56 Å². The molecule has 0 bridgehead atoms. The molecule has 4 rings (SSSR count). The molecule has 1 aliphatic carbocycles. The molecule has 1 aromatic carbocycles. The highest BCUT2D eigenvalue weighted by molar-refractivity contribution is 6.69. The maximum Gasteiger partial charge on any atom is 0.259 e. The Hall–Kier alpha value is -2.93. The van der Waals surface area contributed by atoms with E-state index in [1.807, 2.05) is 29.7 Å². The third-order valence-corrected chi connectivity index (χ3v) is 4.96. The summed E-state index contributed by atoms with van der Waals surface area (Å²) in [6, 6.07) is 8.73. The van der Waals surface area contributed by atoms with Crippen LogP contribution in [0.25, 0.3) is 10.8 Å². The quantitative estimate of drug-likeness (QED) is 0.583. The van der Waals surface area contributed by atoms with Crippen LogP contribution in [0.2, 0.25) is 0 Å². The van der Waals surface area contributed by atoms with Crippen molar-refractivity contribution in [1.29, 1.82) is 5.41 Å². The van der Waals surface area contributed by atoms with E-state index in [2.05, 4.69) is 23.0 Å². The molecule has 8 heteroatoms. The molecule has 0 radical (unpaired) electrons. The van der Waals surface area contributed by atoms with Gasteiger partial charge < -0.3 is 16.0 Å². The minimum Gasteiger partial charge on any atom is -0.383 e. The highest BCUT2D eigenvalue weighted by Gasteiger charge is 2.27. The fraction of sp³-hybridized carbons (Fsp3) is 0.300. The van der Waals surface area contributed by atoms with Gasteiger partial charge in [0.1, 0.15) is 23.1 Å². The van der Waals surface area contributed by atoms with Crippen LogP contribution in [0.4, 0.5) is 11.6 Å². The molecule has 0 unspecified atom stereocenters. The summed E-state index contributed by atoms with van der Waals surface area (Å²) in [5, 5.41) is 8.78. The normalized spacial score (nSPS) is 13.1. The molecule has 0 amide bonds. The lowest BCUT2D eigenvalue weighted by Gasteiger charge is -2.13. The lowest BCUT2D eigenvalue weighted by Crippen LogP contribution is -2.23. The van der Waals surface area contributed by atoms with Crippen molar-refractivity contribution in [3.8, 4) is 0 Å². The minimum absolute atomic E-state index is 0.123. The third-order valence-electron chi connectivity index (χ3n) is 4.77. The number of aromatic nitrogens is 3. The molecule has 5 N–H and O–H groups in total. The van der Waals surface area contributed by atoms with Crippen molar-refractivity contribution in [3.63, 3.8) is 0 Å². The van der Waals surface area contributed by atoms with E-state index in [1.54, 1.807) is 0 Å². The van der Waals surface area contributed by atoms with E-state index in [0.29, 0.717) is 6.04 Å². The smallest absolute Gasteiger partial charge is 0.259 e. The van der Waals surface area contributed by atoms with Crippen molar-refractivity contribution in [1.82, 2.24) is 14.5 Å². The van der Waals surface area contributed by atoms with Crippen LogP contribution in [0.3, 0.4) is 0 Å². The van der Waals surface area contributed by atoms with Gasteiger partial charge in [-0.2, -0.15) is 0 Å². The van der Waals surface area contributed by atoms with E-state index in [0.717, 1.165) is 35.6 Å². The van der Waals surface area contributed by atoms with Gasteiger partial charge in [-0.15, -0.1) is 0 Å². The van der Waals surface area contributed by atoms with Crippen LogP contribution in [-0.4, -0.2) is 19.7 Å². The van der Waals surface area contributed by atoms with Crippen molar-refractivity contribution in [2.45, 2.75) is 39.2 Å². The summed E-state index contributed by atoms with van der Waals surface area (Å²) in [6.07, 6.45) is 4.46. The van der Waals surface area contributed by atoms with Gasteiger partial charge in [0.2, 0.25) is 0 Å². The van der Waals surface area contributed by atoms with Gasteiger partial charge in [0.05, 0.1) is 10.9 Å². The molecule has 0 aliphatic heterocycles. The Kier molecular flexibility index (Phi) is 5.65. The number of rotatable bonds is 3. The molecule has 0 spiro atoms. The van der Waals surface area contributed by atoms with E-state index < -0.39 is 0 Å². The number of hydrogen-bond acceptors (Lipinski definition) is 6. The van der Waals surface area contributed by atoms with Crippen LogP contribution in [-0.2, 0) is 6.42 Å². The van der Waals surface area contributed by atoms with E-state index in [1.165, 1.54) is 12.0 Å². The first-order chi connectivity index (χ1) is 13.3. The molecule has 2 aromatic heterocycles. The van der Waals surface area contributed by atoms with Crippen molar-refractivity contribution >= 4 is 39.2 Å². The van der Waals surface area contributed by atoms with Gasteiger partial charge in [-0.25, -0.2) is 9.97 Å². The predicted octanol–water partition coefficient (Wildman–Crippen LogP) is 3.41. The van der Waals surface area contributed by atoms with Crippen LogP contribution in [0.1, 0.15) is 42.6 Å². The second kappa shape index (κ2) is 7.98. The van der Waals surface area contributed by atoms with Crippen molar-refractivity contribution in [2.75, 3.05) is 11.5 Å². The van der Waals surface area contributed by atoms with E-state index >= 15 is 0 Å². The van der Waals surface area contributed by atoms with Crippen LogP contribution >= 0.6 is 11.6 Å². The molecular weight excluding hydrogens is 376 g/mol. The van der Waals surface area contributed by atoms with Gasteiger partial charge >= 0.3 is 0 Å². The van der Waals surface area contributed by atoms with Crippen LogP contribution in [0, 0.1) is 12.3 Å². The standard InChI is InChI=1S/C15H17NO.C5H6ClN5/c1-3-12-9-11-6-4-5-10(2)14(11)15(17)16(12)13-7-8-13;6-3(7)2-4(8)10-1-11-5(2)9/h4-6,9,13H,3,7-8H2,1-2H3;1,7H,(H4,8,9,10,11).